The molecule has 0 aliphatic heterocycles. The monoisotopic (exact) mass is 280 g/mol. The van der Waals surface area contributed by atoms with Crippen LogP contribution in [-0.4, -0.2) is 25.2 Å². The molecule has 80 valence electrons. The summed E-state index contributed by atoms with van der Waals surface area (Å²) in [6.45, 7) is 2.58. The Kier molecular flexibility index (Phi) is 21.1. The molecule has 0 atom stereocenters. The molecule has 5 nitrogen and oxygen atoms in total. The van der Waals surface area contributed by atoms with Crippen LogP contribution in [0.25, 0.3) is 0 Å². The standard InChI is InChI=1S/C4H6O4.C4H9O.Zr/c1-3(5)8-2-4(6)7;1-2-3-4-5;/h2H2,1H3,(H,6,7);2-4H2,1H3;/q;-1;+2/p-1. The topological polar surface area (TPSA) is 89.5 Å². The van der Waals surface area contributed by atoms with Crippen LogP contribution in [0, 0.1) is 0 Å². The Labute approximate surface area is 103 Å². The second kappa shape index (κ2) is 15.3. The maximum atomic E-state index is 9.83. The van der Waals surface area contributed by atoms with Crippen LogP contribution < -0.4 is 10.2 Å². The second-order valence-corrected chi connectivity index (χ2v) is 2.21. The third-order valence-electron chi connectivity index (χ3n) is 0.891. The predicted molar refractivity (Wildman–Crippen MR) is 41.4 cm³/mol. The van der Waals surface area contributed by atoms with Crippen LogP contribution in [0.1, 0.15) is 26.7 Å². The van der Waals surface area contributed by atoms with Gasteiger partial charge in [-0.05, 0) is 0 Å². The number of rotatable bonds is 4. The van der Waals surface area contributed by atoms with Gasteiger partial charge in [-0.2, -0.15) is 0 Å². The van der Waals surface area contributed by atoms with Crippen molar-refractivity contribution in [2.24, 2.45) is 0 Å². The van der Waals surface area contributed by atoms with E-state index < -0.39 is 18.5 Å². The first kappa shape index (κ1) is 19.4. The van der Waals surface area contributed by atoms with E-state index in [9.17, 15) is 19.8 Å². The number of hydrogen-bond donors (Lipinski definition) is 0. The van der Waals surface area contributed by atoms with E-state index in [-0.39, 0.29) is 32.8 Å². The zero-order chi connectivity index (χ0) is 10.7. The normalized spacial score (nSPS) is 7.64. The predicted octanol–water partition coefficient (Wildman–Crippen LogP) is -1.56. The third kappa shape index (κ3) is 29.8. The van der Waals surface area contributed by atoms with Crippen LogP contribution in [0.5, 0.6) is 0 Å². The molecule has 0 aliphatic carbocycles. The molecule has 0 unspecified atom stereocenters. The van der Waals surface area contributed by atoms with Gasteiger partial charge in [0.05, 0.1) is 5.97 Å². The molecule has 0 fully saturated rings. The van der Waals surface area contributed by atoms with Crippen LogP contribution in [0.4, 0.5) is 0 Å². The Bertz CT molecular complexity index is 133. The van der Waals surface area contributed by atoms with Crippen molar-refractivity contribution in [3.63, 3.8) is 0 Å². The Morgan fingerprint density at radius 3 is 1.93 bits per heavy atom. The minimum atomic E-state index is -1.39. The van der Waals surface area contributed by atoms with E-state index in [1.165, 1.54) is 0 Å². The summed E-state index contributed by atoms with van der Waals surface area (Å²) in [5, 5.41) is 19.0. The Morgan fingerprint density at radius 1 is 1.36 bits per heavy atom. The minimum absolute atomic E-state index is 0. The molecule has 0 aromatic rings. The van der Waals surface area contributed by atoms with E-state index in [0.717, 1.165) is 19.8 Å². The maximum absolute atomic E-state index is 9.83. The Balaban J connectivity index is -0.000000177. The molecule has 0 aromatic carbocycles. The molecule has 0 aliphatic rings. The van der Waals surface area contributed by atoms with Gasteiger partial charge in [0, 0.05) is 6.92 Å². The van der Waals surface area contributed by atoms with Crippen molar-refractivity contribution in [2.45, 2.75) is 26.7 Å². The molecule has 0 bridgehead atoms. The number of esters is 1. The number of carboxylic acid groups (broad SMARTS) is 1. The van der Waals surface area contributed by atoms with E-state index in [1.807, 2.05) is 6.92 Å². The molecular formula is C8H14O5Zr. The fourth-order valence-corrected chi connectivity index (χ4v) is 0.305. The van der Waals surface area contributed by atoms with Gasteiger partial charge in [-0.1, -0.05) is 19.8 Å². The largest absolute Gasteiger partial charge is 2.00 e. The summed E-state index contributed by atoms with van der Waals surface area (Å²) in [7, 11) is 0. The van der Waals surface area contributed by atoms with E-state index in [0.29, 0.717) is 0 Å². The molecule has 0 heterocycles. The first-order chi connectivity index (χ1) is 6.04. The zero-order valence-electron chi connectivity index (χ0n) is 8.37. The number of hydrogen-bond acceptors (Lipinski definition) is 5. The van der Waals surface area contributed by atoms with Crippen LogP contribution >= 0.6 is 0 Å². The maximum Gasteiger partial charge on any atom is 2.00 e. The van der Waals surface area contributed by atoms with Crippen molar-refractivity contribution in [1.29, 1.82) is 0 Å². The van der Waals surface area contributed by atoms with Gasteiger partial charge in [0.15, 0.2) is 0 Å². The zero-order valence-corrected chi connectivity index (χ0v) is 10.8. The second-order valence-electron chi connectivity index (χ2n) is 2.21. The van der Waals surface area contributed by atoms with E-state index >= 15 is 0 Å². The van der Waals surface area contributed by atoms with Crippen LogP contribution in [-0.2, 0) is 40.5 Å². The van der Waals surface area contributed by atoms with Crippen LogP contribution in [0.2, 0.25) is 0 Å². The van der Waals surface area contributed by atoms with Gasteiger partial charge in [-0.3, -0.25) is 4.79 Å². The molecule has 0 saturated carbocycles. The SMILES string of the molecule is CC(=O)OCC(=O)[O-].CCCC[O-].[Zr+2]. The van der Waals surface area contributed by atoms with Gasteiger partial charge in [-0.15, -0.1) is 6.61 Å². The van der Waals surface area contributed by atoms with Gasteiger partial charge in [0.1, 0.15) is 6.61 Å². The van der Waals surface area contributed by atoms with Gasteiger partial charge in [0.25, 0.3) is 0 Å². The molecule has 0 spiro atoms. The first-order valence-electron chi connectivity index (χ1n) is 3.95. The molecular weight excluding hydrogens is 267 g/mol. The van der Waals surface area contributed by atoms with Crippen LogP contribution in [0.3, 0.4) is 0 Å². The molecule has 0 N–H and O–H groups in total. The van der Waals surface area contributed by atoms with Crippen molar-refractivity contribution in [2.75, 3.05) is 13.2 Å². The number of unbranched alkanes of at least 4 members (excludes halogenated alkanes) is 1. The van der Waals surface area contributed by atoms with Gasteiger partial charge < -0.3 is 19.7 Å². The average molecular weight is 281 g/mol. The molecule has 0 rings (SSSR count). The summed E-state index contributed by atoms with van der Waals surface area (Å²) >= 11 is 0. The minimum Gasteiger partial charge on any atom is -0.854 e. The van der Waals surface area contributed by atoms with Crippen LogP contribution in [0.15, 0.2) is 0 Å². The number of carbonyl (C=O) groups excluding carboxylic acids is 2. The van der Waals surface area contributed by atoms with E-state index in [1.54, 1.807) is 0 Å². The molecule has 0 saturated heterocycles. The summed E-state index contributed by atoms with van der Waals surface area (Å²) < 4.78 is 4.00. The Morgan fingerprint density at radius 2 is 1.86 bits per heavy atom. The van der Waals surface area contributed by atoms with E-state index in [2.05, 4.69) is 4.74 Å². The number of ether oxygens (including phenoxy) is 1. The van der Waals surface area contributed by atoms with Gasteiger partial charge in [-0.25, -0.2) is 0 Å². The molecule has 0 amide bonds. The molecule has 0 radical (unpaired) electrons. The fourth-order valence-electron chi connectivity index (χ4n) is 0.305. The average Bonchev–Trinajstić information content (AvgIpc) is 2.03. The Hall–Kier alpha value is -0.217. The quantitative estimate of drug-likeness (QED) is 0.582. The first-order valence-corrected chi connectivity index (χ1v) is 3.95. The van der Waals surface area contributed by atoms with Gasteiger partial charge in [0.2, 0.25) is 0 Å². The summed E-state index contributed by atoms with van der Waals surface area (Å²) in [6, 6.07) is 0. The van der Waals surface area contributed by atoms with Crippen molar-refractivity contribution < 1.29 is 50.7 Å². The summed E-state index contributed by atoms with van der Waals surface area (Å²) in [6.07, 6.45) is 1.86. The number of carbonyl (C=O) groups is 2. The third-order valence-corrected chi connectivity index (χ3v) is 0.891. The van der Waals surface area contributed by atoms with Crippen molar-refractivity contribution in [3.8, 4) is 0 Å². The molecule has 0 aromatic heterocycles. The number of aliphatic carboxylic acids is 1. The van der Waals surface area contributed by atoms with Crippen molar-refractivity contribution in [3.05, 3.63) is 0 Å². The smallest absolute Gasteiger partial charge is 0.854 e. The molecule has 14 heavy (non-hydrogen) atoms. The summed E-state index contributed by atoms with van der Waals surface area (Å²) in [5.74, 6) is -2.01. The van der Waals surface area contributed by atoms with Crippen molar-refractivity contribution in [1.82, 2.24) is 0 Å². The summed E-state index contributed by atoms with van der Waals surface area (Å²) in [5.41, 5.74) is 0. The molecule has 6 heteroatoms. The van der Waals surface area contributed by atoms with E-state index in [4.69, 9.17) is 0 Å². The summed E-state index contributed by atoms with van der Waals surface area (Å²) in [4.78, 5) is 19.4. The van der Waals surface area contributed by atoms with Gasteiger partial charge >= 0.3 is 32.2 Å². The number of carboxylic acids is 1. The fraction of sp³-hybridized carbons (Fsp3) is 0.750. The van der Waals surface area contributed by atoms with Crippen molar-refractivity contribution >= 4 is 11.9 Å².